The molecular formula is C52H37N5O2S4+4. The number of aromatic nitrogens is 4. The second-order valence-corrected chi connectivity index (χ2v) is 19.8. The number of carbonyl (C=O) groups excluding carboxylic acids is 2. The van der Waals surface area contributed by atoms with Gasteiger partial charge in [-0.3, -0.25) is 9.59 Å². The average Bonchev–Trinajstić information content (AvgIpc) is 4.09. The predicted octanol–water partition coefficient (Wildman–Crippen LogP) is 9.23. The van der Waals surface area contributed by atoms with Crippen molar-refractivity contribution in [2.75, 3.05) is 4.90 Å². The van der Waals surface area contributed by atoms with Crippen molar-refractivity contribution in [2.24, 2.45) is 0 Å². The number of rotatable bonds is 1. The maximum absolute atomic E-state index is 14.6. The van der Waals surface area contributed by atoms with E-state index in [-0.39, 0.29) is 11.8 Å². The Hall–Kier alpha value is -6.42. The SMILES string of the molecule is O=C1c2c3ccc(c2C(=O)N1c1ccc(C#CC2=CSC(=C4SC=CS4)S2)cc1)C[n+]1ccc(cc1)-c1cc[n+](cc1)Cc1ccc(cc1)C[n+]1ccc(cc1)-c1cc[n+](cc1)C3. The molecule has 7 aromatic rings. The number of benzene rings is 3. The van der Waals surface area contributed by atoms with Crippen LogP contribution in [-0.4, -0.2) is 11.8 Å². The molecule has 0 spiro atoms. The molecule has 63 heavy (non-hydrogen) atoms. The summed E-state index contributed by atoms with van der Waals surface area (Å²) in [5.74, 6) is 5.93. The molecular weight excluding hydrogens is 855 g/mol. The van der Waals surface area contributed by atoms with Gasteiger partial charge in [-0.25, -0.2) is 23.2 Å². The van der Waals surface area contributed by atoms with E-state index >= 15 is 0 Å². The van der Waals surface area contributed by atoms with Gasteiger partial charge in [-0.05, 0) is 62.7 Å². The smallest absolute Gasteiger partial charge is 0.266 e. The lowest BCUT2D eigenvalue weighted by atomic mass is 9.97. The van der Waals surface area contributed by atoms with E-state index in [1.165, 1.54) is 24.5 Å². The zero-order valence-electron chi connectivity index (χ0n) is 33.8. The molecule has 2 amide bonds. The highest BCUT2D eigenvalue weighted by Crippen LogP contribution is 2.53. The van der Waals surface area contributed by atoms with E-state index in [0.29, 0.717) is 29.9 Å². The molecule has 12 bridgehead atoms. The summed E-state index contributed by atoms with van der Waals surface area (Å²) in [7, 11) is 0. The van der Waals surface area contributed by atoms with Gasteiger partial charge in [0.1, 0.15) is 0 Å². The Kier molecular flexibility index (Phi) is 10.7. The number of pyridine rings is 4. The molecule has 0 aliphatic carbocycles. The Morgan fingerprint density at radius 2 is 0.873 bits per heavy atom. The van der Waals surface area contributed by atoms with Gasteiger partial charge in [0.25, 0.3) is 11.8 Å². The summed E-state index contributed by atoms with van der Waals surface area (Å²) >= 11 is 6.89. The Morgan fingerprint density at radius 3 is 1.32 bits per heavy atom. The van der Waals surface area contributed by atoms with E-state index in [1.54, 1.807) is 47.0 Å². The molecule has 23 heterocycles. The molecule has 0 atom stereocenters. The fourth-order valence-electron chi connectivity index (χ4n) is 8.11. The molecule has 0 saturated heterocycles. The number of allylic oxidation sites excluding steroid dienone is 1. The van der Waals surface area contributed by atoms with Gasteiger partial charge in [-0.2, -0.15) is 0 Å². The summed E-state index contributed by atoms with van der Waals surface area (Å²) in [6, 6.07) is 37.2. The van der Waals surface area contributed by atoms with E-state index in [2.05, 4.69) is 144 Å². The topological polar surface area (TPSA) is 52.9 Å². The predicted molar refractivity (Wildman–Crippen MR) is 253 cm³/mol. The van der Waals surface area contributed by atoms with E-state index in [9.17, 15) is 9.59 Å². The first-order valence-electron chi connectivity index (χ1n) is 20.5. The highest BCUT2D eigenvalue weighted by atomic mass is 32.2. The molecule has 0 N–H and O–H groups in total. The van der Waals surface area contributed by atoms with Crippen LogP contribution in [0.2, 0.25) is 0 Å². The molecule has 0 unspecified atom stereocenters. The number of anilines is 1. The summed E-state index contributed by atoms with van der Waals surface area (Å²) < 4.78 is 11.1. The average molecular weight is 892 g/mol. The summed E-state index contributed by atoms with van der Waals surface area (Å²) in [5.41, 5.74) is 10.7. The Morgan fingerprint density at radius 1 is 0.444 bits per heavy atom. The maximum Gasteiger partial charge on any atom is 0.266 e. The molecule has 0 saturated carbocycles. The van der Waals surface area contributed by atoms with Gasteiger partial charge in [0.15, 0.2) is 75.8 Å². The van der Waals surface area contributed by atoms with Crippen molar-refractivity contribution in [1.29, 1.82) is 0 Å². The summed E-state index contributed by atoms with van der Waals surface area (Å²) in [5, 5.41) is 6.30. The molecule has 19 aliphatic heterocycles. The van der Waals surface area contributed by atoms with Crippen molar-refractivity contribution in [1.82, 2.24) is 0 Å². The minimum Gasteiger partial charge on any atom is -0.268 e. The van der Waals surface area contributed by atoms with Crippen LogP contribution >= 0.6 is 47.0 Å². The van der Waals surface area contributed by atoms with E-state index in [4.69, 9.17) is 0 Å². The molecule has 19 aliphatic rings. The Balaban J connectivity index is 0.914. The number of amides is 2. The number of nitrogens with zero attached hydrogens (tertiary/aromatic N) is 5. The van der Waals surface area contributed by atoms with Crippen molar-refractivity contribution in [3.63, 3.8) is 0 Å². The van der Waals surface area contributed by atoms with E-state index in [0.717, 1.165) is 56.9 Å². The number of carbonyl (C=O) groups is 2. The number of hydrogen-bond donors (Lipinski definition) is 0. The zero-order chi connectivity index (χ0) is 42.3. The number of hydrogen-bond acceptors (Lipinski definition) is 6. The van der Waals surface area contributed by atoms with Crippen LogP contribution in [0.15, 0.2) is 188 Å². The Bertz CT molecular complexity index is 2950. The molecule has 302 valence electrons. The van der Waals surface area contributed by atoms with Crippen LogP contribution in [0.25, 0.3) is 22.3 Å². The molecule has 3 aromatic carbocycles. The summed E-state index contributed by atoms with van der Waals surface area (Å²) in [6.45, 7) is 2.42. The lowest BCUT2D eigenvalue weighted by molar-refractivity contribution is -0.689. The van der Waals surface area contributed by atoms with Gasteiger partial charge >= 0.3 is 0 Å². The highest BCUT2D eigenvalue weighted by molar-refractivity contribution is 8.33. The fourth-order valence-corrected chi connectivity index (χ4v) is 12.4. The van der Waals surface area contributed by atoms with Gasteiger partial charge in [-0.1, -0.05) is 95.3 Å². The number of thioether (sulfide) groups is 4. The zero-order valence-corrected chi connectivity index (χ0v) is 37.0. The van der Waals surface area contributed by atoms with Gasteiger partial charge in [0.2, 0.25) is 0 Å². The lowest BCUT2D eigenvalue weighted by Crippen LogP contribution is -2.35. The maximum atomic E-state index is 14.6. The van der Waals surface area contributed by atoms with Crippen molar-refractivity contribution < 1.29 is 27.9 Å². The van der Waals surface area contributed by atoms with Gasteiger partial charge in [0, 0.05) is 76.3 Å². The molecule has 0 fully saturated rings. The normalized spacial score (nSPS) is 15.3. The van der Waals surface area contributed by atoms with E-state index < -0.39 is 0 Å². The van der Waals surface area contributed by atoms with Crippen LogP contribution < -0.4 is 23.2 Å². The second-order valence-electron chi connectivity index (χ2n) is 15.5. The molecule has 0 radical (unpaired) electrons. The minimum absolute atomic E-state index is 0.320. The van der Waals surface area contributed by atoms with Gasteiger partial charge in [0.05, 0.1) is 30.2 Å². The molecule has 4 aromatic heterocycles. The first-order valence-corrected chi connectivity index (χ1v) is 23.9. The third kappa shape index (κ3) is 8.19. The van der Waals surface area contributed by atoms with Crippen LogP contribution in [0.1, 0.15) is 48.5 Å². The monoisotopic (exact) mass is 891 g/mol. The van der Waals surface area contributed by atoms with Crippen molar-refractivity contribution in [3.05, 3.63) is 227 Å². The van der Waals surface area contributed by atoms with Crippen molar-refractivity contribution in [2.45, 2.75) is 26.2 Å². The third-order valence-electron chi connectivity index (χ3n) is 11.4. The third-order valence-corrected chi connectivity index (χ3v) is 16.3. The lowest BCUT2D eigenvalue weighted by Gasteiger charge is -2.14. The van der Waals surface area contributed by atoms with Crippen LogP contribution in [-0.2, 0) is 26.2 Å². The standard InChI is InChI=1S/C52H37N5O2S4/c58-49-47-43-8-9-44(48(47)50(59)57(49)45-10-5-36(6-11-45)7-12-46-35-62-52(63-46)51-60-29-30-61-51)34-56-27-19-42(20-28-56)40-15-23-54(24-16-40)32-38-2-1-37(3-4-38)31-53-21-13-39(14-22-53)41-17-25-55(33-43)26-18-41/h1-6,8-11,13-30,35H,31-34H2/q+4. The van der Waals surface area contributed by atoms with Gasteiger partial charge < -0.3 is 0 Å². The summed E-state index contributed by atoms with van der Waals surface area (Å²) in [6.07, 6.45) is 16.6. The van der Waals surface area contributed by atoms with Crippen LogP contribution in [0.4, 0.5) is 5.69 Å². The largest absolute Gasteiger partial charge is 0.268 e. The van der Waals surface area contributed by atoms with Crippen molar-refractivity contribution >= 4 is 64.5 Å². The quantitative estimate of drug-likeness (QED) is 0.0932. The van der Waals surface area contributed by atoms with E-state index in [1.807, 2.05) is 61.2 Å². The first-order chi connectivity index (χ1) is 31.0. The Labute approximate surface area is 382 Å². The van der Waals surface area contributed by atoms with Crippen molar-refractivity contribution in [3.8, 4) is 34.1 Å². The molecule has 26 rings (SSSR count). The first kappa shape index (κ1) is 39.4. The van der Waals surface area contributed by atoms with Gasteiger partial charge in [-0.15, -0.1) is 0 Å². The fraction of sp³-hybridized carbons (Fsp3) is 0.0769. The van der Waals surface area contributed by atoms with Crippen LogP contribution in [0.5, 0.6) is 0 Å². The minimum atomic E-state index is -0.320. The van der Waals surface area contributed by atoms with Crippen LogP contribution in [0.3, 0.4) is 0 Å². The highest BCUT2D eigenvalue weighted by Gasteiger charge is 2.41. The molecule has 7 nitrogen and oxygen atoms in total. The second kappa shape index (κ2) is 17.0. The molecule has 11 heteroatoms. The summed E-state index contributed by atoms with van der Waals surface area (Å²) in [4.78, 5) is 31.5. The number of imide groups is 1. The van der Waals surface area contributed by atoms with Crippen LogP contribution in [0, 0.1) is 11.8 Å².